The van der Waals surface area contributed by atoms with Crippen LogP contribution in [0.15, 0.2) is 12.2 Å². The van der Waals surface area contributed by atoms with E-state index in [1.54, 1.807) is 0 Å². The van der Waals surface area contributed by atoms with Crippen molar-refractivity contribution in [3.8, 4) is 0 Å². The second kappa shape index (κ2) is 11.3. The standard InChI is InChI=1S/C19H39NO/c1-7-20(21,8-2)16-15-19(6)14-10-13-18(5)12-9-11-17(3)4/h17-18H,6-16H2,1-5H3. The summed E-state index contributed by atoms with van der Waals surface area (Å²) in [6.07, 6.45) is 8.61. The summed E-state index contributed by atoms with van der Waals surface area (Å²) >= 11 is 0. The van der Waals surface area contributed by atoms with Gasteiger partial charge >= 0.3 is 0 Å². The molecule has 2 nitrogen and oxygen atoms in total. The van der Waals surface area contributed by atoms with Gasteiger partial charge in [0.25, 0.3) is 0 Å². The van der Waals surface area contributed by atoms with Gasteiger partial charge in [-0.05, 0) is 38.5 Å². The molecule has 0 N–H and O–H groups in total. The molecule has 0 saturated carbocycles. The Morgan fingerprint density at radius 3 is 2.05 bits per heavy atom. The molecule has 2 heteroatoms. The number of hydrogen-bond donors (Lipinski definition) is 0. The van der Waals surface area contributed by atoms with Gasteiger partial charge in [0.05, 0.1) is 19.6 Å². The van der Waals surface area contributed by atoms with Crippen molar-refractivity contribution in [1.82, 2.24) is 0 Å². The molecule has 0 fully saturated rings. The largest absolute Gasteiger partial charge is 0.633 e. The second-order valence-corrected chi connectivity index (χ2v) is 7.24. The summed E-state index contributed by atoms with van der Waals surface area (Å²) in [5, 5.41) is 12.2. The maximum atomic E-state index is 12.2. The van der Waals surface area contributed by atoms with E-state index in [-0.39, 0.29) is 4.65 Å². The van der Waals surface area contributed by atoms with Crippen molar-refractivity contribution in [1.29, 1.82) is 0 Å². The smallest absolute Gasteiger partial charge is 0.0821 e. The summed E-state index contributed by atoms with van der Waals surface area (Å²) in [6.45, 7) is 17.2. The molecule has 0 aliphatic rings. The van der Waals surface area contributed by atoms with Crippen molar-refractivity contribution in [2.45, 2.75) is 79.6 Å². The summed E-state index contributed by atoms with van der Waals surface area (Å²) in [5.41, 5.74) is 1.27. The van der Waals surface area contributed by atoms with Crippen LogP contribution >= 0.6 is 0 Å². The molecule has 1 atom stereocenters. The lowest BCUT2D eigenvalue weighted by Gasteiger charge is -2.41. The van der Waals surface area contributed by atoms with Crippen molar-refractivity contribution in [2.24, 2.45) is 11.8 Å². The van der Waals surface area contributed by atoms with E-state index in [2.05, 4.69) is 27.4 Å². The van der Waals surface area contributed by atoms with E-state index < -0.39 is 0 Å². The molecule has 0 radical (unpaired) electrons. The van der Waals surface area contributed by atoms with Crippen LogP contribution in [0.4, 0.5) is 0 Å². The van der Waals surface area contributed by atoms with Gasteiger partial charge in [-0.1, -0.05) is 58.6 Å². The first-order chi connectivity index (χ1) is 9.83. The Hall–Kier alpha value is -0.340. The van der Waals surface area contributed by atoms with Crippen LogP contribution in [0.5, 0.6) is 0 Å². The third-order valence-corrected chi connectivity index (χ3v) is 4.73. The Balaban J connectivity index is 3.70. The highest BCUT2D eigenvalue weighted by Crippen LogP contribution is 2.20. The van der Waals surface area contributed by atoms with E-state index in [9.17, 15) is 5.21 Å². The summed E-state index contributed by atoms with van der Waals surface area (Å²) in [5.74, 6) is 1.66. The zero-order valence-electron chi connectivity index (χ0n) is 15.3. The number of quaternary nitrogens is 1. The van der Waals surface area contributed by atoms with Crippen LogP contribution in [0.2, 0.25) is 0 Å². The molecule has 1 unspecified atom stereocenters. The van der Waals surface area contributed by atoms with Crippen LogP contribution in [0, 0.1) is 17.0 Å². The minimum Gasteiger partial charge on any atom is -0.633 e. The predicted molar refractivity (Wildman–Crippen MR) is 95.0 cm³/mol. The van der Waals surface area contributed by atoms with Crippen molar-refractivity contribution in [3.63, 3.8) is 0 Å². The average molecular weight is 298 g/mol. The number of rotatable bonds is 13. The van der Waals surface area contributed by atoms with Crippen molar-refractivity contribution >= 4 is 0 Å². The Morgan fingerprint density at radius 2 is 1.52 bits per heavy atom. The summed E-state index contributed by atoms with van der Waals surface area (Å²) in [6, 6.07) is 0. The van der Waals surface area contributed by atoms with Gasteiger partial charge in [0, 0.05) is 6.42 Å². The molecule has 0 amide bonds. The molecule has 0 aromatic heterocycles. The highest BCUT2D eigenvalue weighted by atomic mass is 16.5. The van der Waals surface area contributed by atoms with Gasteiger partial charge in [0.1, 0.15) is 0 Å². The lowest BCUT2D eigenvalue weighted by molar-refractivity contribution is -0.876. The molecule has 0 rings (SSSR count). The molecule has 0 aromatic rings. The molecule has 0 heterocycles. The highest BCUT2D eigenvalue weighted by Gasteiger charge is 2.11. The van der Waals surface area contributed by atoms with Gasteiger partial charge < -0.3 is 9.85 Å². The van der Waals surface area contributed by atoms with Gasteiger partial charge in [-0.2, -0.15) is 0 Å². The van der Waals surface area contributed by atoms with Crippen LogP contribution in [-0.2, 0) is 0 Å². The molecule has 0 saturated heterocycles. The Kier molecular flexibility index (Phi) is 11.1. The van der Waals surface area contributed by atoms with Crippen molar-refractivity contribution < 1.29 is 4.65 Å². The first-order valence-electron chi connectivity index (χ1n) is 9.06. The molecule has 0 aromatic carbocycles. The van der Waals surface area contributed by atoms with E-state index in [0.717, 1.165) is 24.7 Å². The topological polar surface area (TPSA) is 23.1 Å². The predicted octanol–water partition coefficient (Wildman–Crippen LogP) is 5.92. The van der Waals surface area contributed by atoms with Gasteiger partial charge in [-0.15, -0.1) is 0 Å². The quantitative estimate of drug-likeness (QED) is 0.235. The molecular formula is C19H39NO. The molecular weight excluding hydrogens is 258 g/mol. The van der Waals surface area contributed by atoms with Crippen LogP contribution in [0.3, 0.4) is 0 Å². The number of hydroxylamine groups is 3. The van der Waals surface area contributed by atoms with Crippen molar-refractivity contribution in [2.75, 3.05) is 19.6 Å². The maximum Gasteiger partial charge on any atom is 0.0821 e. The first-order valence-corrected chi connectivity index (χ1v) is 9.06. The Morgan fingerprint density at radius 1 is 0.952 bits per heavy atom. The zero-order valence-corrected chi connectivity index (χ0v) is 15.3. The summed E-state index contributed by atoms with van der Waals surface area (Å²) in [4.78, 5) is 0. The summed E-state index contributed by atoms with van der Waals surface area (Å²) < 4.78 is -0.0649. The fraction of sp³-hybridized carbons (Fsp3) is 0.895. The molecule has 0 bridgehead atoms. The highest BCUT2D eigenvalue weighted by molar-refractivity contribution is 4.93. The normalized spacial score (nSPS) is 13.7. The van der Waals surface area contributed by atoms with E-state index in [0.29, 0.717) is 19.6 Å². The van der Waals surface area contributed by atoms with Gasteiger partial charge in [0.15, 0.2) is 0 Å². The van der Waals surface area contributed by atoms with Crippen LogP contribution in [0.25, 0.3) is 0 Å². The van der Waals surface area contributed by atoms with Gasteiger partial charge in [0.2, 0.25) is 0 Å². The Labute approximate surface area is 133 Å². The average Bonchev–Trinajstić information content (AvgIpc) is 2.44. The fourth-order valence-corrected chi connectivity index (χ4v) is 2.75. The third-order valence-electron chi connectivity index (χ3n) is 4.73. The van der Waals surface area contributed by atoms with E-state index >= 15 is 0 Å². The SMILES string of the molecule is C=C(CCCC(C)CCCC(C)C)CC[N+]([O-])(CC)CC. The van der Waals surface area contributed by atoms with Crippen LogP contribution < -0.4 is 0 Å². The van der Waals surface area contributed by atoms with Crippen LogP contribution in [0.1, 0.15) is 79.6 Å². The lowest BCUT2D eigenvalue weighted by Crippen LogP contribution is -2.42. The lowest BCUT2D eigenvalue weighted by atomic mass is 9.94. The van der Waals surface area contributed by atoms with Gasteiger partial charge in [-0.3, -0.25) is 0 Å². The minimum atomic E-state index is -0.0649. The maximum absolute atomic E-state index is 12.2. The summed E-state index contributed by atoms with van der Waals surface area (Å²) in [7, 11) is 0. The third kappa shape index (κ3) is 11.0. The molecule has 0 spiro atoms. The zero-order chi connectivity index (χ0) is 16.3. The minimum absolute atomic E-state index is 0.0649. The van der Waals surface area contributed by atoms with Gasteiger partial charge in [-0.25, -0.2) is 0 Å². The van der Waals surface area contributed by atoms with E-state index in [4.69, 9.17) is 0 Å². The monoisotopic (exact) mass is 297 g/mol. The number of hydrogen-bond acceptors (Lipinski definition) is 1. The fourth-order valence-electron chi connectivity index (χ4n) is 2.75. The molecule has 21 heavy (non-hydrogen) atoms. The molecule has 0 aliphatic heterocycles. The molecule has 126 valence electrons. The molecule has 0 aliphatic carbocycles. The van der Waals surface area contributed by atoms with E-state index in [1.165, 1.54) is 37.7 Å². The van der Waals surface area contributed by atoms with Crippen LogP contribution in [-0.4, -0.2) is 24.3 Å². The number of nitrogens with zero attached hydrogens (tertiary/aromatic N) is 1. The van der Waals surface area contributed by atoms with E-state index in [1.807, 2.05) is 13.8 Å². The second-order valence-electron chi connectivity index (χ2n) is 7.24. The first kappa shape index (κ1) is 20.7. The Bertz CT molecular complexity index is 269. The van der Waals surface area contributed by atoms with Crippen molar-refractivity contribution in [3.05, 3.63) is 17.4 Å².